The lowest BCUT2D eigenvalue weighted by Gasteiger charge is -2.20. The first-order valence-electron chi connectivity index (χ1n) is 7.64. The van der Waals surface area contributed by atoms with Gasteiger partial charge in [0, 0.05) is 11.4 Å². The molecule has 5 nitrogen and oxygen atoms in total. The van der Waals surface area contributed by atoms with Crippen LogP contribution in [0.2, 0.25) is 0 Å². The number of amides is 3. The number of benzene rings is 1. The minimum Gasteiger partial charge on any atom is -0.343 e. The molecular formula is C17H19N3O2S. The molecule has 1 fully saturated rings. The van der Waals surface area contributed by atoms with E-state index < -0.39 is 6.04 Å². The lowest BCUT2D eigenvalue weighted by atomic mass is 10.0. The molecule has 3 rings (SSSR count). The number of rotatable bonds is 5. The SMILES string of the molecule is CCc1ccc([C@@H](NC(=O)[C@@H]2CNC(=O)N2)c2cccs2)cc1. The van der Waals surface area contributed by atoms with Crippen LogP contribution in [0.15, 0.2) is 41.8 Å². The van der Waals surface area contributed by atoms with Crippen LogP contribution in [-0.2, 0) is 11.2 Å². The predicted molar refractivity (Wildman–Crippen MR) is 90.4 cm³/mol. The van der Waals surface area contributed by atoms with Crippen molar-refractivity contribution in [1.29, 1.82) is 0 Å². The summed E-state index contributed by atoms with van der Waals surface area (Å²) in [5.74, 6) is -0.179. The molecule has 0 saturated carbocycles. The molecule has 3 amide bonds. The van der Waals surface area contributed by atoms with Crippen LogP contribution < -0.4 is 16.0 Å². The lowest BCUT2D eigenvalue weighted by molar-refractivity contribution is -0.122. The molecule has 1 aliphatic rings. The number of thiophene rings is 1. The van der Waals surface area contributed by atoms with Crippen LogP contribution in [0.5, 0.6) is 0 Å². The molecular weight excluding hydrogens is 310 g/mol. The molecule has 1 saturated heterocycles. The predicted octanol–water partition coefficient (Wildman–Crippen LogP) is 2.20. The number of hydrogen-bond donors (Lipinski definition) is 3. The average Bonchev–Trinajstić information content (AvgIpc) is 3.24. The van der Waals surface area contributed by atoms with Gasteiger partial charge in [0.15, 0.2) is 0 Å². The van der Waals surface area contributed by atoms with Crippen LogP contribution in [0.4, 0.5) is 4.79 Å². The average molecular weight is 329 g/mol. The highest BCUT2D eigenvalue weighted by Crippen LogP contribution is 2.26. The van der Waals surface area contributed by atoms with E-state index in [0.717, 1.165) is 16.9 Å². The molecule has 0 radical (unpaired) electrons. The van der Waals surface area contributed by atoms with Gasteiger partial charge in [-0.2, -0.15) is 0 Å². The minimum absolute atomic E-state index is 0.179. The van der Waals surface area contributed by atoms with Gasteiger partial charge >= 0.3 is 6.03 Å². The largest absolute Gasteiger partial charge is 0.343 e. The fourth-order valence-corrected chi connectivity index (χ4v) is 3.38. The molecule has 0 bridgehead atoms. The van der Waals surface area contributed by atoms with Gasteiger partial charge in [-0.05, 0) is 29.0 Å². The maximum absolute atomic E-state index is 12.4. The first-order chi connectivity index (χ1) is 11.2. The van der Waals surface area contributed by atoms with E-state index in [-0.39, 0.29) is 18.0 Å². The summed E-state index contributed by atoms with van der Waals surface area (Å²) in [6, 6.07) is 11.2. The molecule has 2 heterocycles. The Bertz CT molecular complexity index is 682. The molecule has 0 aliphatic carbocycles. The number of carbonyl (C=O) groups excluding carboxylic acids is 2. The van der Waals surface area contributed by atoms with Gasteiger partial charge in [-0.1, -0.05) is 37.3 Å². The number of aryl methyl sites for hydroxylation is 1. The molecule has 0 unspecified atom stereocenters. The summed E-state index contributed by atoms with van der Waals surface area (Å²) < 4.78 is 0. The van der Waals surface area contributed by atoms with Gasteiger partial charge < -0.3 is 16.0 Å². The fourth-order valence-electron chi connectivity index (χ4n) is 2.58. The quantitative estimate of drug-likeness (QED) is 0.787. The third-order valence-electron chi connectivity index (χ3n) is 3.92. The molecule has 2 aromatic rings. The van der Waals surface area contributed by atoms with E-state index in [1.165, 1.54) is 5.56 Å². The van der Waals surface area contributed by atoms with Crippen LogP contribution in [0.3, 0.4) is 0 Å². The van der Waals surface area contributed by atoms with Crippen LogP contribution in [0.25, 0.3) is 0 Å². The Morgan fingerprint density at radius 1 is 1.35 bits per heavy atom. The second-order valence-corrected chi connectivity index (χ2v) is 6.44. The Balaban J connectivity index is 1.81. The Morgan fingerprint density at radius 3 is 2.70 bits per heavy atom. The summed E-state index contributed by atoms with van der Waals surface area (Å²) in [6.45, 7) is 2.43. The van der Waals surface area contributed by atoms with Crippen molar-refractivity contribution in [2.24, 2.45) is 0 Å². The molecule has 1 aromatic carbocycles. The van der Waals surface area contributed by atoms with Crippen molar-refractivity contribution >= 4 is 23.3 Å². The van der Waals surface area contributed by atoms with Gasteiger partial charge in [0.05, 0.1) is 6.04 Å². The molecule has 1 aromatic heterocycles. The Morgan fingerprint density at radius 2 is 2.13 bits per heavy atom. The molecule has 3 N–H and O–H groups in total. The van der Waals surface area contributed by atoms with Crippen molar-refractivity contribution in [3.05, 3.63) is 57.8 Å². The van der Waals surface area contributed by atoms with Gasteiger partial charge in [-0.15, -0.1) is 11.3 Å². The van der Waals surface area contributed by atoms with Crippen molar-refractivity contribution in [2.45, 2.75) is 25.4 Å². The Kier molecular flexibility index (Phi) is 4.62. The van der Waals surface area contributed by atoms with Gasteiger partial charge in [0.25, 0.3) is 0 Å². The monoisotopic (exact) mass is 329 g/mol. The summed E-state index contributed by atoms with van der Waals surface area (Å²) in [4.78, 5) is 24.7. The smallest absolute Gasteiger partial charge is 0.315 e. The summed E-state index contributed by atoms with van der Waals surface area (Å²) in [6.07, 6.45) is 0.982. The van der Waals surface area contributed by atoms with Crippen molar-refractivity contribution < 1.29 is 9.59 Å². The lowest BCUT2D eigenvalue weighted by Crippen LogP contribution is -2.44. The van der Waals surface area contributed by atoms with E-state index in [9.17, 15) is 9.59 Å². The maximum atomic E-state index is 12.4. The maximum Gasteiger partial charge on any atom is 0.315 e. The minimum atomic E-state index is -0.528. The Labute approximate surface area is 139 Å². The summed E-state index contributed by atoms with van der Waals surface area (Å²) >= 11 is 1.60. The molecule has 0 spiro atoms. The molecule has 120 valence electrons. The first kappa shape index (κ1) is 15.6. The molecule has 1 aliphatic heterocycles. The number of hydrogen-bond acceptors (Lipinski definition) is 3. The van der Waals surface area contributed by atoms with Crippen molar-refractivity contribution in [1.82, 2.24) is 16.0 Å². The molecule has 2 atom stereocenters. The fraction of sp³-hybridized carbons (Fsp3) is 0.294. The van der Waals surface area contributed by atoms with E-state index in [0.29, 0.717) is 6.54 Å². The number of nitrogens with one attached hydrogen (secondary N) is 3. The van der Waals surface area contributed by atoms with Crippen LogP contribution in [0, 0.1) is 0 Å². The van der Waals surface area contributed by atoms with Crippen LogP contribution >= 0.6 is 11.3 Å². The highest BCUT2D eigenvalue weighted by Gasteiger charge is 2.29. The number of carbonyl (C=O) groups is 2. The topological polar surface area (TPSA) is 70.2 Å². The zero-order valence-electron chi connectivity index (χ0n) is 12.8. The second-order valence-electron chi connectivity index (χ2n) is 5.46. The van der Waals surface area contributed by atoms with E-state index >= 15 is 0 Å². The normalized spacial score (nSPS) is 18.1. The van der Waals surface area contributed by atoms with Gasteiger partial charge in [0.2, 0.25) is 5.91 Å². The molecule has 23 heavy (non-hydrogen) atoms. The van der Waals surface area contributed by atoms with Crippen molar-refractivity contribution in [3.8, 4) is 0 Å². The second kappa shape index (κ2) is 6.83. The van der Waals surface area contributed by atoms with E-state index in [4.69, 9.17) is 0 Å². The standard InChI is InChI=1S/C17H19N3O2S/c1-2-11-5-7-12(8-6-11)15(14-4-3-9-23-14)20-16(21)13-10-18-17(22)19-13/h3-9,13,15H,2,10H2,1H3,(H,20,21)(H2,18,19,22)/t13-,15+/m0/s1. The highest BCUT2D eigenvalue weighted by atomic mass is 32.1. The van der Waals surface area contributed by atoms with E-state index in [2.05, 4.69) is 47.1 Å². The number of urea groups is 1. The summed E-state index contributed by atoms with van der Waals surface area (Å²) in [5.41, 5.74) is 2.30. The van der Waals surface area contributed by atoms with Crippen molar-refractivity contribution in [3.63, 3.8) is 0 Å². The molecule has 6 heteroatoms. The van der Waals surface area contributed by atoms with E-state index in [1.54, 1.807) is 11.3 Å². The third kappa shape index (κ3) is 3.53. The summed E-state index contributed by atoms with van der Waals surface area (Å²) in [7, 11) is 0. The highest BCUT2D eigenvalue weighted by molar-refractivity contribution is 7.10. The third-order valence-corrected chi connectivity index (χ3v) is 4.86. The zero-order valence-corrected chi connectivity index (χ0v) is 13.7. The van der Waals surface area contributed by atoms with Gasteiger partial charge in [-0.3, -0.25) is 4.79 Å². The van der Waals surface area contributed by atoms with Gasteiger partial charge in [-0.25, -0.2) is 4.79 Å². The van der Waals surface area contributed by atoms with Crippen LogP contribution in [-0.4, -0.2) is 24.5 Å². The Hall–Kier alpha value is -2.34. The van der Waals surface area contributed by atoms with E-state index in [1.807, 2.05) is 17.5 Å². The first-order valence-corrected chi connectivity index (χ1v) is 8.52. The van der Waals surface area contributed by atoms with Crippen molar-refractivity contribution in [2.75, 3.05) is 6.54 Å². The van der Waals surface area contributed by atoms with Gasteiger partial charge in [0.1, 0.15) is 6.04 Å². The summed E-state index contributed by atoms with van der Waals surface area (Å²) in [5, 5.41) is 10.3. The van der Waals surface area contributed by atoms with Crippen LogP contribution in [0.1, 0.15) is 29.0 Å². The zero-order chi connectivity index (χ0) is 16.2.